The quantitative estimate of drug-likeness (QED) is 0.699. The lowest BCUT2D eigenvalue weighted by molar-refractivity contribution is -0.138. The third-order valence-corrected chi connectivity index (χ3v) is 4.12. The summed E-state index contributed by atoms with van der Waals surface area (Å²) in [4.78, 5) is 23.3. The molecule has 0 aromatic carbocycles. The molecule has 0 aromatic heterocycles. The van der Waals surface area contributed by atoms with Gasteiger partial charge in [-0.3, -0.25) is 14.5 Å². The van der Waals surface area contributed by atoms with Gasteiger partial charge in [0, 0.05) is 6.54 Å². The first-order valence-corrected chi connectivity index (χ1v) is 6.27. The highest BCUT2D eigenvalue weighted by Crippen LogP contribution is 2.48. The van der Waals surface area contributed by atoms with Crippen LogP contribution in [-0.4, -0.2) is 41.5 Å². The topological polar surface area (TPSA) is 83.6 Å². The molecule has 2 saturated carbocycles. The zero-order valence-electron chi connectivity index (χ0n) is 9.97. The number of nitrogens with zero attached hydrogens (tertiary/aromatic N) is 1. The van der Waals surface area contributed by atoms with Gasteiger partial charge in [0.2, 0.25) is 5.91 Å². The molecule has 2 aliphatic carbocycles. The van der Waals surface area contributed by atoms with Crippen LogP contribution in [0.5, 0.6) is 0 Å². The molecule has 96 valence electrons. The monoisotopic (exact) mass is 240 g/mol. The van der Waals surface area contributed by atoms with Gasteiger partial charge < -0.3 is 10.8 Å². The molecule has 3 atom stereocenters. The number of fused-ring (bicyclic) bond motifs is 2. The highest BCUT2D eigenvalue weighted by molar-refractivity contribution is 5.77. The molecular formula is C12H20N2O3. The second kappa shape index (κ2) is 5.04. The van der Waals surface area contributed by atoms with E-state index in [1.807, 2.05) is 0 Å². The van der Waals surface area contributed by atoms with E-state index in [9.17, 15) is 9.59 Å². The summed E-state index contributed by atoms with van der Waals surface area (Å²) in [6.45, 7) is 0.674. The molecule has 2 fully saturated rings. The number of primary amides is 1. The molecule has 3 N–H and O–H groups in total. The summed E-state index contributed by atoms with van der Waals surface area (Å²) in [5, 5.41) is 8.81. The van der Waals surface area contributed by atoms with Gasteiger partial charge in [0.25, 0.3) is 0 Å². The molecule has 3 unspecified atom stereocenters. The van der Waals surface area contributed by atoms with Gasteiger partial charge >= 0.3 is 5.97 Å². The van der Waals surface area contributed by atoms with Crippen LogP contribution in [0.1, 0.15) is 25.7 Å². The summed E-state index contributed by atoms with van der Waals surface area (Å²) >= 11 is 0. The second-order valence-corrected chi connectivity index (χ2v) is 5.46. The Morgan fingerprint density at radius 3 is 2.47 bits per heavy atom. The van der Waals surface area contributed by atoms with E-state index in [2.05, 4.69) is 0 Å². The molecule has 1 amide bonds. The minimum Gasteiger partial charge on any atom is -0.480 e. The SMILES string of the molecule is NC(=O)CN(CC(=O)O)CC1CC2CCC1C2. The molecule has 0 saturated heterocycles. The van der Waals surface area contributed by atoms with Crippen LogP contribution in [0.25, 0.3) is 0 Å². The minimum absolute atomic E-state index is 0.0557. The van der Waals surface area contributed by atoms with E-state index in [1.165, 1.54) is 25.7 Å². The smallest absolute Gasteiger partial charge is 0.317 e. The Morgan fingerprint density at radius 2 is 2.00 bits per heavy atom. The first-order valence-electron chi connectivity index (χ1n) is 6.27. The van der Waals surface area contributed by atoms with E-state index < -0.39 is 11.9 Å². The van der Waals surface area contributed by atoms with Gasteiger partial charge in [0.15, 0.2) is 0 Å². The number of carbonyl (C=O) groups excluding carboxylic acids is 1. The lowest BCUT2D eigenvalue weighted by Gasteiger charge is -2.28. The van der Waals surface area contributed by atoms with Gasteiger partial charge in [-0.2, -0.15) is 0 Å². The molecule has 5 nitrogen and oxygen atoms in total. The normalized spacial score (nSPS) is 31.0. The van der Waals surface area contributed by atoms with Gasteiger partial charge in [0.05, 0.1) is 13.1 Å². The molecule has 2 bridgehead atoms. The Hall–Kier alpha value is -1.10. The second-order valence-electron chi connectivity index (χ2n) is 5.46. The number of hydrogen-bond acceptors (Lipinski definition) is 3. The molecule has 5 heteroatoms. The number of nitrogens with two attached hydrogens (primary N) is 1. The maximum absolute atomic E-state index is 10.9. The maximum Gasteiger partial charge on any atom is 0.317 e. The molecule has 2 rings (SSSR count). The first-order chi connectivity index (χ1) is 8.04. The lowest BCUT2D eigenvalue weighted by Crippen LogP contribution is -2.41. The van der Waals surface area contributed by atoms with Crippen LogP contribution in [-0.2, 0) is 9.59 Å². The predicted octanol–water partition coefficient (Wildman–Crippen LogP) is 0.294. The zero-order chi connectivity index (χ0) is 12.4. The Morgan fingerprint density at radius 1 is 1.24 bits per heavy atom. The zero-order valence-corrected chi connectivity index (χ0v) is 9.97. The van der Waals surface area contributed by atoms with E-state index in [4.69, 9.17) is 10.8 Å². The first kappa shape index (κ1) is 12.4. The molecule has 17 heavy (non-hydrogen) atoms. The molecule has 0 aromatic rings. The van der Waals surface area contributed by atoms with Crippen LogP contribution in [0, 0.1) is 17.8 Å². The largest absolute Gasteiger partial charge is 0.480 e. The van der Waals surface area contributed by atoms with E-state index in [0.29, 0.717) is 12.5 Å². The van der Waals surface area contributed by atoms with E-state index in [0.717, 1.165) is 11.8 Å². The van der Waals surface area contributed by atoms with Crippen LogP contribution in [0.4, 0.5) is 0 Å². The third kappa shape index (κ3) is 3.19. The van der Waals surface area contributed by atoms with Crippen molar-refractivity contribution in [1.29, 1.82) is 0 Å². The molecule has 0 radical (unpaired) electrons. The summed E-state index contributed by atoms with van der Waals surface area (Å²) in [5.74, 6) is 0.797. The van der Waals surface area contributed by atoms with Crippen molar-refractivity contribution in [1.82, 2.24) is 4.90 Å². The fourth-order valence-electron chi connectivity index (χ4n) is 3.53. The Bertz CT molecular complexity index is 303. The average Bonchev–Trinajstić information content (AvgIpc) is 2.76. The number of aliphatic carboxylic acids is 1. The molecule has 2 aliphatic rings. The molecular weight excluding hydrogens is 220 g/mol. The molecule has 0 spiro atoms. The van der Waals surface area contributed by atoms with Crippen molar-refractivity contribution in [2.45, 2.75) is 25.7 Å². The van der Waals surface area contributed by atoms with Crippen LogP contribution in [0.2, 0.25) is 0 Å². The van der Waals surface area contributed by atoms with Crippen molar-refractivity contribution in [3.05, 3.63) is 0 Å². The van der Waals surface area contributed by atoms with Gasteiger partial charge in [-0.15, -0.1) is 0 Å². The van der Waals surface area contributed by atoms with Crippen molar-refractivity contribution in [3.8, 4) is 0 Å². The summed E-state index contributed by atoms with van der Waals surface area (Å²) in [5.41, 5.74) is 5.15. The number of hydrogen-bond donors (Lipinski definition) is 2. The summed E-state index contributed by atoms with van der Waals surface area (Å²) in [6, 6.07) is 0. The Kier molecular flexibility index (Phi) is 3.66. The van der Waals surface area contributed by atoms with Crippen molar-refractivity contribution in [2.24, 2.45) is 23.5 Å². The molecule has 0 aliphatic heterocycles. The van der Waals surface area contributed by atoms with Crippen LogP contribution >= 0.6 is 0 Å². The van der Waals surface area contributed by atoms with E-state index in [-0.39, 0.29) is 13.1 Å². The van der Waals surface area contributed by atoms with Crippen LogP contribution in [0.3, 0.4) is 0 Å². The number of rotatable bonds is 6. The van der Waals surface area contributed by atoms with Crippen molar-refractivity contribution < 1.29 is 14.7 Å². The van der Waals surface area contributed by atoms with Gasteiger partial charge in [-0.05, 0) is 37.0 Å². The molecule has 0 heterocycles. The van der Waals surface area contributed by atoms with Gasteiger partial charge in [-0.25, -0.2) is 0 Å². The highest BCUT2D eigenvalue weighted by atomic mass is 16.4. The third-order valence-electron chi connectivity index (χ3n) is 4.12. The van der Waals surface area contributed by atoms with Gasteiger partial charge in [-0.1, -0.05) is 6.42 Å². The van der Waals surface area contributed by atoms with Crippen LogP contribution < -0.4 is 5.73 Å². The van der Waals surface area contributed by atoms with E-state index in [1.54, 1.807) is 4.90 Å². The minimum atomic E-state index is -0.894. The average molecular weight is 240 g/mol. The van der Waals surface area contributed by atoms with Crippen molar-refractivity contribution >= 4 is 11.9 Å². The number of carboxylic acids is 1. The van der Waals surface area contributed by atoms with Crippen molar-refractivity contribution in [2.75, 3.05) is 19.6 Å². The summed E-state index contributed by atoms with van der Waals surface area (Å²) in [6.07, 6.45) is 5.09. The number of carbonyl (C=O) groups is 2. The van der Waals surface area contributed by atoms with E-state index >= 15 is 0 Å². The number of carboxylic acid groups (broad SMARTS) is 1. The Labute approximate surface area is 101 Å². The predicted molar refractivity (Wildman–Crippen MR) is 62.2 cm³/mol. The highest BCUT2D eigenvalue weighted by Gasteiger charge is 2.40. The summed E-state index contributed by atoms with van der Waals surface area (Å²) < 4.78 is 0. The fourth-order valence-corrected chi connectivity index (χ4v) is 3.53. The lowest BCUT2D eigenvalue weighted by atomic mass is 9.88. The van der Waals surface area contributed by atoms with Crippen molar-refractivity contribution in [3.63, 3.8) is 0 Å². The Balaban J connectivity index is 1.88. The number of amides is 1. The van der Waals surface area contributed by atoms with Crippen LogP contribution in [0.15, 0.2) is 0 Å². The standard InChI is InChI=1S/C12H20N2O3/c13-11(15)6-14(7-12(16)17)5-10-4-8-1-2-9(10)3-8/h8-10H,1-7H2,(H2,13,15)(H,16,17). The fraction of sp³-hybridized carbons (Fsp3) is 0.833. The maximum atomic E-state index is 10.9. The summed E-state index contributed by atoms with van der Waals surface area (Å²) in [7, 11) is 0. The van der Waals surface area contributed by atoms with Gasteiger partial charge in [0.1, 0.15) is 0 Å².